The third-order valence-electron chi connectivity index (χ3n) is 8.01. The van der Waals surface area contributed by atoms with Crippen LogP contribution in [0.2, 0.25) is 0 Å². The number of phenols is 1. The minimum Gasteiger partial charge on any atom is -0.508 e. The number of fused-ring (bicyclic) bond motifs is 2. The number of hydrogen-bond donors (Lipinski definition) is 4. The minimum atomic E-state index is -1.23. The van der Waals surface area contributed by atoms with Crippen LogP contribution in [0.25, 0.3) is 33.4 Å². The second-order valence-corrected chi connectivity index (χ2v) is 11.6. The maximum Gasteiger partial charge on any atom is 0.336 e. The second kappa shape index (κ2) is 12.1. The first-order chi connectivity index (χ1) is 20.3. The zero-order valence-corrected chi connectivity index (χ0v) is 24.9. The van der Waals surface area contributed by atoms with Crippen LogP contribution < -0.4 is 16.6 Å². The molecular weight excluding hydrogens is 548 g/mol. The predicted molar refractivity (Wildman–Crippen MR) is 168 cm³/mol. The molecule has 0 fully saturated rings. The van der Waals surface area contributed by atoms with Crippen molar-refractivity contribution in [3.63, 3.8) is 0 Å². The van der Waals surface area contributed by atoms with E-state index in [2.05, 4.69) is 10.4 Å². The molecule has 0 unspecified atom stereocenters. The molecule has 0 aromatic heterocycles. The molecule has 1 heterocycles. The number of benzene rings is 3. The molecule has 1 amide bonds. The lowest BCUT2D eigenvalue weighted by molar-refractivity contribution is 0.0697. The van der Waals surface area contributed by atoms with Gasteiger partial charge in [0.1, 0.15) is 17.1 Å². The highest BCUT2D eigenvalue weighted by atomic mass is 16.4. The van der Waals surface area contributed by atoms with Crippen molar-refractivity contribution >= 4 is 34.8 Å². The van der Waals surface area contributed by atoms with Gasteiger partial charge in [0.25, 0.3) is 5.91 Å². The van der Waals surface area contributed by atoms with Crippen LogP contribution in [0, 0.1) is 5.41 Å². The zero-order chi connectivity index (χ0) is 31.5. The smallest absolute Gasteiger partial charge is 0.336 e. The lowest BCUT2D eigenvalue weighted by Gasteiger charge is -2.38. The van der Waals surface area contributed by atoms with Crippen LogP contribution in [0.5, 0.6) is 5.75 Å². The first-order valence-electron chi connectivity index (χ1n) is 14.0. The van der Waals surface area contributed by atoms with E-state index in [-0.39, 0.29) is 40.2 Å². The molecule has 10 heteroatoms. The number of nitrogens with two attached hydrogens (primary N) is 1. The van der Waals surface area contributed by atoms with Gasteiger partial charge in [-0.05, 0) is 62.2 Å². The lowest BCUT2D eigenvalue weighted by Crippen LogP contribution is -2.46. The van der Waals surface area contributed by atoms with Crippen molar-refractivity contribution in [1.29, 1.82) is 0 Å². The van der Waals surface area contributed by atoms with Gasteiger partial charge in [0.2, 0.25) is 0 Å². The standard InChI is InChI=1S/C33H36N4O6/c1-6-7-20(37-34)17-36-33(4,5)32(2,3)18-35-30(40)19-8-11-23(26(14-19)31(41)42)29-24-12-9-21(38)15-27(24)43-28-16-22(39)10-13-25(28)29/h8-17,38H,6-7,18,34H2,1-5H3,(H,35,40)(H,41,42)/b36-17?,37-20-. The van der Waals surface area contributed by atoms with Gasteiger partial charge in [0.05, 0.1) is 16.8 Å². The number of phenolic OH excluding ortho intramolecular Hbond substituents is 1. The lowest BCUT2D eigenvalue weighted by atomic mass is 9.74. The molecule has 0 atom stereocenters. The Hall–Kier alpha value is -4.99. The number of carboxylic acid groups (broad SMARTS) is 1. The summed E-state index contributed by atoms with van der Waals surface area (Å²) in [6, 6.07) is 13.2. The molecule has 0 spiro atoms. The van der Waals surface area contributed by atoms with Crippen LogP contribution in [0.4, 0.5) is 0 Å². The van der Waals surface area contributed by atoms with E-state index >= 15 is 0 Å². The van der Waals surface area contributed by atoms with Gasteiger partial charge in [0, 0.05) is 52.4 Å². The predicted octanol–water partition coefficient (Wildman–Crippen LogP) is 5.69. The minimum absolute atomic E-state index is 0.0454. The Bertz CT molecular complexity index is 1780. The van der Waals surface area contributed by atoms with Gasteiger partial charge < -0.3 is 25.8 Å². The molecule has 10 nitrogen and oxygen atoms in total. The van der Waals surface area contributed by atoms with Crippen LogP contribution in [0.3, 0.4) is 0 Å². The van der Waals surface area contributed by atoms with Crippen molar-refractivity contribution in [2.45, 2.75) is 53.0 Å². The number of rotatable bonds is 10. The average Bonchev–Trinajstić information content (AvgIpc) is 2.96. The van der Waals surface area contributed by atoms with Crippen molar-refractivity contribution in [2.75, 3.05) is 6.54 Å². The molecule has 2 aromatic carbocycles. The summed E-state index contributed by atoms with van der Waals surface area (Å²) < 4.78 is 5.88. The monoisotopic (exact) mass is 584 g/mol. The van der Waals surface area contributed by atoms with E-state index in [1.807, 2.05) is 34.6 Å². The summed E-state index contributed by atoms with van der Waals surface area (Å²) in [4.78, 5) is 42.6. The van der Waals surface area contributed by atoms with Crippen molar-refractivity contribution in [2.24, 2.45) is 21.4 Å². The Balaban J connectivity index is 1.69. The zero-order valence-electron chi connectivity index (χ0n) is 24.9. The number of carbonyl (C=O) groups is 2. The normalized spacial score (nSPS) is 12.7. The van der Waals surface area contributed by atoms with Gasteiger partial charge in [0.15, 0.2) is 5.43 Å². The van der Waals surface area contributed by atoms with Crippen LogP contribution in [-0.2, 0) is 0 Å². The maximum atomic E-state index is 13.3. The van der Waals surface area contributed by atoms with Gasteiger partial charge in [-0.2, -0.15) is 5.10 Å². The molecule has 224 valence electrons. The van der Waals surface area contributed by atoms with E-state index in [9.17, 15) is 24.6 Å². The van der Waals surface area contributed by atoms with Crippen LogP contribution in [0.15, 0.2) is 73.9 Å². The highest BCUT2D eigenvalue weighted by Crippen LogP contribution is 2.42. The molecule has 2 aliphatic rings. The largest absolute Gasteiger partial charge is 0.508 e. The van der Waals surface area contributed by atoms with E-state index in [1.54, 1.807) is 30.5 Å². The third-order valence-corrected chi connectivity index (χ3v) is 8.01. The molecular formula is C33H36N4O6. The fourth-order valence-electron chi connectivity index (χ4n) is 4.68. The van der Waals surface area contributed by atoms with E-state index < -0.39 is 22.8 Å². The van der Waals surface area contributed by atoms with Gasteiger partial charge in [-0.25, -0.2) is 4.79 Å². The Labute approximate surface area is 249 Å². The first kappa shape index (κ1) is 31.0. The summed E-state index contributed by atoms with van der Waals surface area (Å²) in [5.74, 6) is 4.01. The number of hydrogen-bond acceptors (Lipinski definition) is 8. The molecule has 5 N–H and O–H groups in total. The highest BCUT2D eigenvalue weighted by molar-refractivity contribution is 6.30. The Morgan fingerprint density at radius 3 is 2.42 bits per heavy atom. The molecule has 1 aliphatic heterocycles. The second-order valence-electron chi connectivity index (χ2n) is 11.6. The summed E-state index contributed by atoms with van der Waals surface area (Å²) in [7, 11) is 0. The molecule has 43 heavy (non-hydrogen) atoms. The van der Waals surface area contributed by atoms with Gasteiger partial charge in [-0.15, -0.1) is 0 Å². The Morgan fingerprint density at radius 2 is 1.74 bits per heavy atom. The van der Waals surface area contributed by atoms with E-state index in [0.29, 0.717) is 34.2 Å². The van der Waals surface area contributed by atoms with Gasteiger partial charge in [-0.1, -0.05) is 33.3 Å². The number of nitrogens with zero attached hydrogens (tertiary/aromatic N) is 2. The van der Waals surface area contributed by atoms with Crippen molar-refractivity contribution in [3.05, 3.63) is 75.9 Å². The molecule has 1 aliphatic carbocycles. The number of hydrazone groups is 1. The summed E-state index contributed by atoms with van der Waals surface area (Å²) in [5.41, 5.74) is 1.04. The number of nitrogens with one attached hydrogen (secondary N) is 1. The fourth-order valence-corrected chi connectivity index (χ4v) is 4.68. The number of carbonyl (C=O) groups excluding carboxylic acids is 1. The third kappa shape index (κ3) is 6.43. The Morgan fingerprint density at radius 1 is 1.02 bits per heavy atom. The summed E-state index contributed by atoms with van der Waals surface area (Å²) in [5, 5.41) is 27.5. The Kier molecular flexibility index (Phi) is 8.70. The molecule has 4 rings (SSSR count). The molecule has 0 saturated carbocycles. The van der Waals surface area contributed by atoms with Crippen LogP contribution in [0.1, 0.15) is 68.2 Å². The first-order valence-corrected chi connectivity index (χ1v) is 14.0. The molecule has 0 bridgehead atoms. The molecule has 0 saturated heterocycles. The number of carboxylic acids is 1. The summed E-state index contributed by atoms with van der Waals surface area (Å²) in [6.07, 6.45) is 3.27. The van der Waals surface area contributed by atoms with E-state index in [4.69, 9.17) is 15.3 Å². The number of amides is 1. The SMILES string of the molecule is CCC/C(C=NC(C)(C)C(C)(C)CNC(=O)c1ccc(-c2c3ccc(=O)cc-3oc3cc(O)ccc23)c(C(=O)O)c1)=N/N. The topological polar surface area (TPSA) is 168 Å². The van der Waals surface area contributed by atoms with E-state index in [1.165, 1.54) is 30.3 Å². The fraction of sp³-hybridized carbons (Fsp3) is 0.303. The summed E-state index contributed by atoms with van der Waals surface area (Å²) in [6.45, 7) is 10.2. The van der Waals surface area contributed by atoms with Gasteiger partial charge >= 0.3 is 5.97 Å². The van der Waals surface area contributed by atoms with E-state index in [0.717, 1.165) is 6.42 Å². The van der Waals surface area contributed by atoms with Gasteiger partial charge in [-0.3, -0.25) is 14.6 Å². The average molecular weight is 585 g/mol. The molecule has 0 radical (unpaired) electrons. The van der Waals surface area contributed by atoms with Crippen LogP contribution in [-0.4, -0.2) is 46.1 Å². The quantitative estimate of drug-likeness (QED) is 0.0804. The van der Waals surface area contributed by atoms with Crippen molar-refractivity contribution < 1.29 is 24.2 Å². The maximum absolute atomic E-state index is 13.3. The number of aliphatic imine (C=N–C) groups is 1. The number of aromatic carboxylic acids is 1. The summed E-state index contributed by atoms with van der Waals surface area (Å²) >= 11 is 0. The number of aromatic hydroxyl groups is 1. The van der Waals surface area contributed by atoms with Crippen molar-refractivity contribution in [3.8, 4) is 28.2 Å². The van der Waals surface area contributed by atoms with Crippen molar-refractivity contribution in [1.82, 2.24) is 5.32 Å². The highest BCUT2D eigenvalue weighted by Gasteiger charge is 2.37. The van der Waals surface area contributed by atoms with Crippen LogP contribution >= 0.6 is 0 Å². The molecule has 2 aromatic rings.